The van der Waals surface area contributed by atoms with Crippen LogP contribution in [0.5, 0.6) is 0 Å². The molecular formula is C15H9BrClFOS. The molecule has 20 heavy (non-hydrogen) atoms. The van der Waals surface area contributed by atoms with Gasteiger partial charge in [-0.25, -0.2) is 4.39 Å². The molecule has 0 aliphatic rings. The van der Waals surface area contributed by atoms with E-state index in [0.29, 0.717) is 15.1 Å². The Hall–Kier alpha value is -0.940. The van der Waals surface area contributed by atoms with Crippen LogP contribution in [-0.4, -0.2) is 5.11 Å². The zero-order valence-electron chi connectivity index (χ0n) is 10.1. The third-order valence-electron chi connectivity index (χ3n) is 3.14. The van der Waals surface area contributed by atoms with Crippen LogP contribution < -0.4 is 0 Å². The molecule has 3 rings (SSSR count). The van der Waals surface area contributed by atoms with Gasteiger partial charge in [0, 0.05) is 20.3 Å². The van der Waals surface area contributed by atoms with Crippen molar-refractivity contribution in [3.8, 4) is 0 Å². The lowest BCUT2D eigenvalue weighted by molar-refractivity contribution is 0.217. The van der Waals surface area contributed by atoms with Gasteiger partial charge in [-0.05, 0) is 44.9 Å². The maximum Gasteiger partial charge on any atom is 0.130 e. The first-order valence-corrected chi connectivity index (χ1v) is 7.91. The molecule has 0 radical (unpaired) electrons. The molecule has 0 aliphatic heterocycles. The average molecular weight is 372 g/mol. The van der Waals surface area contributed by atoms with E-state index in [9.17, 15) is 9.50 Å². The van der Waals surface area contributed by atoms with E-state index >= 15 is 0 Å². The van der Waals surface area contributed by atoms with E-state index in [0.717, 1.165) is 10.1 Å². The normalized spacial score (nSPS) is 12.8. The highest BCUT2D eigenvalue weighted by molar-refractivity contribution is 9.10. The summed E-state index contributed by atoms with van der Waals surface area (Å²) in [4.78, 5) is 0. The molecule has 102 valence electrons. The van der Waals surface area contributed by atoms with Crippen LogP contribution in [0.15, 0.2) is 46.3 Å². The Morgan fingerprint density at radius 3 is 2.75 bits per heavy atom. The van der Waals surface area contributed by atoms with Crippen molar-refractivity contribution in [3.63, 3.8) is 0 Å². The van der Waals surface area contributed by atoms with Gasteiger partial charge in [0.25, 0.3) is 0 Å². The first-order chi connectivity index (χ1) is 9.58. The Morgan fingerprint density at radius 1 is 1.20 bits per heavy atom. The molecule has 0 saturated heterocycles. The van der Waals surface area contributed by atoms with E-state index in [-0.39, 0.29) is 5.56 Å². The summed E-state index contributed by atoms with van der Waals surface area (Å²) in [5.41, 5.74) is 0.879. The van der Waals surface area contributed by atoms with Crippen LogP contribution >= 0.6 is 38.9 Å². The first kappa shape index (κ1) is 14.0. The Balaban J connectivity index is 2.13. The van der Waals surface area contributed by atoms with E-state index < -0.39 is 11.9 Å². The molecule has 0 aliphatic carbocycles. The maximum absolute atomic E-state index is 14.0. The minimum atomic E-state index is -1.03. The highest BCUT2D eigenvalue weighted by Crippen LogP contribution is 2.36. The number of halogens is 3. The number of benzene rings is 2. The van der Waals surface area contributed by atoms with Crippen molar-refractivity contribution >= 4 is 49.0 Å². The predicted octanol–water partition coefficient (Wildman–Crippen LogP) is 5.54. The molecule has 1 aromatic heterocycles. The molecule has 1 heterocycles. The maximum atomic E-state index is 14.0. The molecule has 5 heteroatoms. The van der Waals surface area contributed by atoms with E-state index in [1.165, 1.54) is 23.5 Å². The Kier molecular flexibility index (Phi) is 3.82. The minimum absolute atomic E-state index is 0.182. The quantitative estimate of drug-likeness (QED) is 0.587. The third kappa shape index (κ3) is 2.37. The summed E-state index contributed by atoms with van der Waals surface area (Å²) in [7, 11) is 0. The van der Waals surface area contributed by atoms with Crippen molar-refractivity contribution in [2.45, 2.75) is 6.10 Å². The van der Waals surface area contributed by atoms with Crippen LogP contribution in [0.2, 0.25) is 5.02 Å². The number of thiophene rings is 1. The van der Waals surface area contributed by atoms with Gasteiger partial charge in [-0.3, -0.25) is 0 Å². The number of aliphatic hydroxyl groups is 1. The van der Waals surface area contributed by atoms with Gasteiger partial charge < -0.3 is 5.11 Å². The molecule has 1 atom stereocenters. The molecule has 0 amide bonds. The van der Waals surface area contributed by atoms with Crippen LogP contribution in [0, 0.1) is 5.82 Å². The summed E-state index contributed by atoms with van der Waals surface area (Å²) in [5.74, 6) is -0.482. The monoisotopic (exact) mass is 370 g/mol. The lowest BCUT2D eigenvalue weighted by atomic mass is 10.0. The summed E-state index contributed by atoms with van der Waals surface area (Å²) in [6.07, 6.45) is -1.03. The number of hydrogen-bond donors (Lipinski definition) is 1. The molecule has 1 N–H and O–H groups in total. The number of rotatable bonds is 2. The fraction of sp³-hybridized carbons (Fsp3) is 0.0667. The van der Waals surface area contributed by atoms with Gasteiger partial charge in [0.2, 0.25) is 0 Å². The van der Waals surface area contributed by atoms with E-state index in [4.69, 9.17) is 11.6 Å². The third-order valence-corrected chi connectivity index (χ3v) is 5.32. The summed E-state index contributed by atoms with van der Waals surface area (Å²) in [5, 5.41) is 13.6. The van der Waals surface area contributed by atoms with Gasteiger partial charge in [0.05, 0.1) is 5.02 Å². The average Bonchev–Trinajstić information content (AvgIpc) is 2.86. The topological polar surface area (TPSA) is 20.2 Å². The predicted molar refractivity (Wildman–Crippen MR) is 85.0 cm³/mol. The van der Waals surface area contributed by atoms with Gasteiger partial charge in [0.1, 0.15) is 11.9 Å². The van der Waals surface area contributed by atoms with Crippen LogP contribution in [0.4, 0.5) is 4.39 Å². The summed E-state index contributed by atoms with van der Waals surface area (Å²) >= 11 is 10.7. The molecule has 0 saturated carbocycles. The van der Waals surface area contributed by atoms with Gasteiger partial charge in [0.15, 0.2) is 0 Å². The van der Waals surface area contributed by atoms with E-state index in [2.05, 4.69) is 15.9 Å². The van der Waals surface area contributed by atoms with Crippen LogP contribution in [0.3, 0.4) is 0 Å². The Labute approximate surface area is 132 Å². The van der Waals surface area contributed by atoms with Crippen LogP contribution in [-0.2, 0) is 0 Å². The fourth-order valence-electron chi connectivity index (χ4n) is 2.13. The molecule has 0 fully saturated rings. The first-order valence-electron chi connectivity index (χ1n) is 5.86. The SMILES string of the molecule is OC(c1cc(Cl)c(Br)cc1F)c1csc2ccccc12. The van der Waals surface area contributed by atoms with Crippen molar-refractivity contribution < 1.29 is 9.50 Å². The van der Waals surface area contributed by atoms with Gasteiger partial charge >= 0.3 is 0 Å². The molecule has 3 aromatic rings. The van der Waals surface area contributed by atoms with Crippen LogP contribution in [0.25, 0.3) is 10.1 Å². The highest BCUT2D eigenvalue weighted by Gasteiger charge is 2.20. The van der Waals surface area contributed by atoms with Crippen molar-refractivity contribution in [1.29, 1.82) is 0 Å². The summed E-state index contributed by atoms with van der Waals surface area (Å²) in [6.45, 7) is 0. The zero-order valence-corrected chi connectivity index (χ0v) is 13.3. The van der Waals surface area contributed by atoms with Crippen molar-refractivity contribution in [1.82, 2.24) is 0 Å². The molecule has 1 nitrogen and oxygen atoms in total. The van der Waals surface area contributed by atoms with Crippen molar-refractivity contribution in [2.24, 2.45) is 0 Å². The zero-order chi connectivity index (χ0) is 14.3. The minimum Gasteiger partial charge on any atom is -0.383 e. The smallest absolute Gasteiger partial charge is 0.130 e. The summed E-state index contributed by atoms with van der Waals surface area (Å²) < 4.78 is 15.6. The Bertz CT molecular complexity index is 787. The van der Waals surface area contributed by atoms with E-state index in [1.807, 2.05) is 29.6 Å². The molecule has 1 unspecified atom stereocenters. The van der Waals surface area contributed by atoms with Gasteiger partial charge in [-0.15, -0.1) is 11.3 Å². The fourth-order valence-corrected chi connectivity index (χ4v) is 3.59. The molecular weight excluding hydrogens is 363 g/mol. The van der Waals surface area contributed by atoms with E-state index in [1.54, 1.807) is 0 Å². The standard InChI is InChI=1S/C15H9BrClFOS/c16-11-6-13(18)9(5-12(11)17)15(19)10-7-20-14-4-2-1-3-8(10)14/h1-7,15,19H. The molecule has 0 spiro atoms. The number of aliphatic hydroxyl groups excluding tert-OH is 1. The van der Waals surface area contributed by atoms with Crippen molar-refractivity contribution in [3.05, 3.63) is 68.2 Å². The number of hydrogen-bond acceptors (Lipinski definition) is 2. The number of fused-ring (bicyclic) bond motifs is 1. The Morgan fingerprint density at radius 2 is 1.95 bits per heavy atom. The molecule has 2 aromatic carbocycles. The lowest BCUT2D eigenvalue weighted by Crippen LogP contribution is -2.02. The largest absolute Gasteiger partial charge is 0.383 e. The lowest BCUT2D eigenvalue weighted by Gasteiger charge is -2.12. The van der Waals surface area contributed by atoms with Crippen molar-refractivity contribution in [2.75, 3.05) is 0 Å². The van der Waals surface area contributed by atoms with Crippen LogP contribution in [0.1, 0.15) is 17.2 Å². The van der Waals surface area contributed by atoms with Gasteiger partial charge in [-0.2, -0.15) is 0 Å². The van der Waals surface area contributed by atoms with Gasteiger partial charge in [-0.1, -0.05) is 29.8 Å². The highest BCUT2D eigenvalue weighted by atomic mass is 79.9. The second kappa shape index (κ2) is 5.45. The second-order valence-electron chi connectivity index (χ2n) is 4.38. The summed E-state index contributed by atoms with van der Waals surface area (Å²) in [6, 6.07) is 10.5. The second-order valence-corrected chi connectivity index (χ2v) is 6.55. The molecule has 0 bridgehead atoms.